The zero-order valence-electron chi connectivity index (χ0n) is 19.4. The molecule has 0 unspecified atom stereocenters. The summed E-state index contributed by atoms with van der Waals surface area (Å²) < 4.78 is 59.0. The van der Waals surface area contributed by atoms with Gasteiger partial charge in [0.15, 0.2) is 0 Å². The van der Waals surface area contributed by atoms with Crippen LogP contribution in [0.3, 0.4) is 0 Å². The number of rotatable bonds is 4. The Morgan fingerprint density at radius 1 is 1.14 bits per heavy atom. The van der Waals surface area contributed by atoms with Crippen LogP contribution in [0.5, 0.6) is 0 Å². The highest BCUT2D eigenvalue weighted by Crippen LogP contribution is 2.27. The molecule has 0 aliphatic carbocycles. The second-order valence-corrected chi connectivity index (χ2v) is 8.76. The molecule has 1 aliphatic rings. The molecule has 196 valence electrons. The molecule has 1 aliphatic heterocycles. The minimum Gasteiger partial charge on any atom is -0.475 e. The molecule has 3 N–H and O–H groups in total. The normalized spacial score (nSPS) is 15.1. The molecule has 0 spiro atoms. The highest BCUT2D eigenvalue weighted by Gasteiger charge is 2.38. The van der Waals surface area contributed by atoms with E-state index in [4.69, 9.17) is 9.90 Å². The summed E-state index contributed by atoms with van der Waals surface area (Å²) in [7, 11) is 0. The summed E-state index contributed by atoms with van der Waals surface area (Å²) in [4.78, 5) is 34.1. The lowest BCUT2D eigenvalue weighted by Gasteiger charge is -2.31. The Balaban J connectivity index is 0.000000405. The molecular formula is C25H23F5N4O3. The minimum absolute atomic E-state index is 0.0253. The van der Waals surface area contributed by atoms with Crippen LogP contribution in [0, 0.1) is 11.6 Å². The number of nitrogens with zero attached hydrogens (tertiary/aromatic N) is 2. The second kappa shape index (κ2) is 10.7. The Labute approximate surface area is 206 Å². The third-order valence-corrected chi connectivity index (χ3v) is 6.34. The molecule has 1 fully saturated rings. The van der Waals surface area contributed by atoms with Gasteiger partial charge in [-0.25, -0.2) is 18.6 Å². The van der Waals surface area contributed by atoms with E-state index in [9.17, 15) is 26.7 Å². The molecule has 0 bridgehead atoms. The number of piperidine rings is 1. The maximum atomic E-state index is 13.9. The predicted octanol–water partition coefficient (Wildman–Crippen LogP) is 4.74. The number of H-pyrrole nitrogens is 2. The molecule has 0 atom stereocenters. The Kier molecular flexibility index (Phi) is 7.58. The summed E-state index contributed by atoms with van der Waals surface area (Å²) in [5.41, 5.74) is 2.01. The average molecular weight is 522 g/mol. The van der Waals surface area contributed by atoms with E-state index in [1.807, 2.05) is 12.3 Å². The number of halogens is 5. The van der Waals surface area contributed by atoms with Gasteiger partial charge in [-0.3, -0.25) is 4.79 Å². The van der Waals surface area contributed by atoms with Gasteiger partial charge in [-0.05, 0) is 68.2 Å². The van der Waals surface area contributed by atoms with Crippen molar-refractivity contribution in [2.45, 2.75) is 31.4 Å². The molecule has 5 rings (SSSR count). The quantitative estimate of drug-likeness (QED) is 0.336. The van der Waals surface area contributed by atoms with Crippen LogP contribution in [0.15, 0.2) is 47.4 Å². The maximum absolute atomic E-state index is 13.9. The summed E-state index contributed by atoms with van der Waals surface area (Å²) in [6.45, 7) is 2.74. The number of benzene rings is 2. The van der Waals surface area contributed by atoms with Crippen LogP contribution >= 0.6 is 0 Å². The van der Waals surface area contributed by atoms with Crippen LogP contribution in [0.25, 0.3) is 21.8 Å². The lowest BCUT2D eigenvalue weighted by molar-refractivity contribution is -0.192. The topological polar surface area (TPSA) is 102 Å². The molecule has 7 nitrogen and oxygen atoms in total. The van der Waals surface area contributed by atoms with Gasteiger partial charge >= 0.3 is 12.1 Å². The van der Waals surface area contributed by atoms with Gasteiger partial charge < -0.3 is 20.0 Å². The number of nitrogens with one attached hydrogen (secondary N) is 2. The van der Waals surface area contributed by atoms with E-state index in [1.165, 1.54) is 23.8 Å². The molecule has 0 amide bonds. The van der Waals surface area contributed by atoms with Crippen molar-refractivity contribution in [3.63, 3.8) is 0 Å². The van der Waals surface area contributed by atoms with E-state index in [0.29, 0.717) is 11.3 Å². The monoisotopic (exact) mass is 522 g/mol. The molecular weight excluding hydrogens is 499 g/mol. The second-order valence-electron chi connectivity index (χ2n) is 8.76. The predicted molar refractivity (Wildman–Crippen MR) is 126 cm³/mol. The zero-order chi connectivity index (χ0) is 26.7. The van der Waals surface area contributed by atoms with Crippen molar-refractivity contribution in [1.82, 2.24) is 19.9 Å². The third-order valence-electron chi connectivity index (χ3n) is 6.34. The fourth-order valence-electron chi connectivity index (χ4n) is 4.43. The summed E-state index contributed by atoms with van der Waals surface area (Å²) in [6.07, 6.45) is -0.452. The van der Waals surface area contributed by atoms with Crippen molar-refractivity contribution in [1.29, 1.82) is 0 Å². The number of likely N-dealkylation sites (tertiary alicyclic amines) is 1. The van der Waals surface area contributed by atoms with Crippen LogP contribution in [-0.2, 0) is 11.2 Å². The van der Waals surface area contributed by atoms with Crippen LogP contribution in [-0.4, -0.2) is 56.7 Å². The van der Waals surface area contributed by atoms with Crippen molar-refractivity contribution in [2.24, 2.45) is 0 Å². The number of aliphatic carboxylic acids is 1. The van der Waals surface area contributed by atoms with Gasteiger partial charge in [0.1, 0.15) is 22.8 Å². The highest BCUT2D eigenvalue weighted by atomic mass is 19.4. The van der Waals surface area contributed by atoms with E-state index in [2.05, 4.69) is 19.9 Å². The number of alkyl halides is 3. The van der Waals surface area contributed by atoms with Gasteiger partial charge in [-0.2, -0.15) is 13.2 Å². The molecule has 37 heavy (non-hydrogen) atoms. The van der Waals surface area contributed by atoms with E-state index in [-0.39, 0.29) is 17.1 Å². The van der Waals surface area contributed by atoms with Crippen LogP contribution < -0.4 is 5.56 Å². The van der Waals surface area contributed by atoms with Crippen molar-refractivity contribution >= 4 is 27.8 Å². The third kappa shape index (κ3) is 6.13. The molecule has 2 aromatic heterocycles. The fourth-order valence-corrected chi connectivity index (χ4v) is 4.43. The maximum Gasteiger partial charge on any atom is 0.490 e. The molecule has 4 aromatic rings. The minimum atomic E-state index is -5.08. The van der Waals surface area contributed by atoms with Crippen molar-refractivity contribution in [3.05, 3.63) is 76.0 Å². The number of hydrogen-bond acceptors (Lipinski definition) is 4. The first kappa shape index (κ1) is 26.3. The van der Waals surface area contributed by atoms with Crippen molar-refractivity contribution < 1.29 is 31.9 Å². The molecule has 0 radical (unpaired) electrons. The molecule has 2 aromatic carbocycles. The van der Waals surface area contributed by atoms with E-state index in [1.54, 1.807) is 12.1 Å². The van der Waals surface area contributed by atoms with Gasteiger partial charge in [0.2, 0.25) is 0 Å². The smallest absolute Gasteiger partial charge is 0.475 e. The van der Waals surface area contributed by atoms with Gasteiger partial charge in [-0.1, -0.05) is 6.07 Å². The number of carbonyl (C=O) groups is 1. The summed E-state index contributed by atoms with van der Waals surface area (Å²) in [6, 6.07) is 9.38. The lowest BCUT2D eigenvalue weighted by Crippen LogP contribution is -2.35. The number of hydrogen-bond donors (Lipinski definition) is 3. The first-order chi connectivity index (χ1) is 17.5. The Morgan fingerprint density at radius 2 is 1.84 bits per heavy atom. The average Bonchev–Trinajstić information content (AvgIpc) is 3.24. The summed E-state index contributed by atoms with van der Waals surface area (Å²) in [5.74, 6) is -2.72. The van der Waals surface area contributed by atoms with E-state index >= 15 is 0 Å². The molecule has 3 heterocycles. The van der Waals surface area contributed by atoms with Crippen LogP contribution in [0.2, 0.25) is 0 Å². The summed E-state index contributed by atoms with van der Waals surface area (Å²) >= 11 is 0. The first-order valence-electron chi connectivity index (χ1n) is 11.5. The number of carboxylic acids is 1. The zero-order valence-corrected chi connectivity index (χ0v) is 19.4. The van der Waals surface area contributed by atoms with Crippen LogP contribution in [0.1, 0.15) is 30.1 Å². The lowest BCUT2D eigenvalue weighted by atomic mass is 9.95. The number of fused-ring (bicyclic) bond motifs is 2. The molecule has 0 saturated carbocycles. The fraction of sp³-hybridized carbons (Fsp3) is 0.320. The SMILES string of the molecule is O=C(O)C(F)(F)F.O=c1[nH]c(C2CCN(CCc3c[nH]c4cc(F)ccc34)CC2)nc2cccc(F)c12. The van der Waals surface area contributed by atoms with E-state index in [0.717, 1.165) is 49.8 Å². The first-order valence-corrected chi connectivity index (χ1v) is 11.5. The number of aromatic amines is 2. The van der Waals surface area contributed by atoms with Gasteiger partial charge in [0.25, 0.3) is 5.56 Å². The molecule has 12 heteroatoms. The van der Waals surface area contributed by atoms with E-state index < -0.39 is 23.5 Å². The van der Waals surface area contributed by atoms with Crippen molar-refractivity contribution in [3.8, 4) is 0 Å². The largest absolute Gasteiger partial charge is 0.490 e. The van der Waals surface area contributed by atoms with Crippen LogP contribution in [0.4, 0.5) is 22.0 Å². The summed E-state index contributed by atoms with van der Waals surface area (Å²) in [5, 5.41) is 8.22. The van der Waals surface area contributed by atoms with Gasteiger partial charge in [0.05, 0.1) is 5.52 Å². The molecule has 1 saturated heterocycles. The van der Waals surface area contributed by atoms with Crippen molar-refractivity contribution in [2.75, 3.05) is 19.6 Å². The number of aromatic nitrogens is 3. The van der Waals surface area contributed by atoms with Gasteiger partial charge in [-0.15, -0.1) is 0 Å². The van der Waals surface area contributed by atoms with Gasteiger partial charge in [0, 0.05) is 29.6 Å². The Hall–Kier alpha value is -3.80. The Bertz CT molecular complexity index is 1470. The Morgan fingerprint density at radius 3 is 2.51 bits per heavy atom. The standard InChI is InChI=1S/C23H22F2N4O.C2HF3O2/c24-16-4-5-17-15(13-26-20(17)12-16)8-11-29-9-6-14(7-10-29)22-27-19-3-1-2-18(25)21(19)23(30)28-22;3-2(4,5)1(6)7/h1-5,12-14,26H,6-11H2,(H,27,28,30);(H,6,7). The number of carboxylic acid groups (broad SMARTS) is 1. The highest BCUT2D eigenvalue weighted by molar-refractivity contribution is 5.83.